The predicted molar refractivity (Wildman–Crippen MR) is 73.7 cm³/mol. The van der Waals surface area contributed by atoms with Crippen molar-refractivity contribution in [3.05, 3.63) is 64.4 Å². The van der Waals surface area contributed by atoms with Gasteiger partial charge in [0.15, 0.2) is 0 Å². The molecule has 2 aromatic carbocycles. The van der Waals surface area contributed by atoms with Gasteiger partial charge in [0.25, 0.3) is 0 Å². The smallest absolute Gasteiger partial charge is 0.248 e. The van der Waals surface area contributed by atoms with Crippen molar-refractivity contribution in [1.82, 2.24) is 0 Å². The summed E-state index contributed by atoms with van der Waals surface area (Å²) in [6.07, 6.45) is 0. The van der Waals surface area contributed by atoms with Crippen LogP contribution < -0.4 is 11.1 Å². The van der Waals surface area contributed by atoms with Crippen molar-refractivity contribution >= 4 is 23.2 Å². The highest BCUT2D eigenvalue weighted by atomic mass is 35.5. The first kappa shape index (κ1) is 13.4. The lowest BCUT2D eigenvalue weighted by atomic mass is 10.1. The number of carbonyl (C=O) groups excluding carboxylic acids is 1. The highest BCUT2D eigenvalue weighted by molar-refractivity contribution is 6.30. The molecule has 0 radical (unpaired) electrons. The molecule has 0 aliphatic rings. The lowest BCUT2D eigenvalue weighted by molar-refractivity contribution is 0.100. The standard InChI is InChI=1S/C14H12ClFN2O/c15-11-5-6-12(16)13(7-11)18-8-9-1-3-10(4-2-9)14(17)19/h1-7,18H,8H2,(H2,17,19). The van der Waals surface area contributed by atoms with Crippen LogP contribution >= 0.6 is 11.6 Å². The third kappa shape index (κ3) is 3.45. The van der Waals surface area contributed by atoms with Gasteiger partial charge in [-0.05, 0) is 35.9 Å². The SMILES string of the molecule is NC(=O)c1ccc(CNc2cc(Cl)ccc2F)cc1. The van der Waals surface area contributed by atoms with Crippen LogP contribution in [0.1, 0.15) is 15.9 Å². The summed E-state index contributed by atoms with van der Waals surface area (Å²) in [5, 5.41) is 3.41. The van der Waals surface area contributed by atoms with Gasteiger partial charge in [-0.2, -0.15) is 0 Å². The number of amides is 1. The van der Waals surface area contributed by atoms with Crippen LogP contribution in [0, 0.1) is 5.82 Å². The number of nitrogens with two attached hydrogens (primary N) is 1. The summed E-state index contributed by atoms with van der Waals surface area (Å²) in [6.45, 7) is 0.427. The number of nitrogens with one attached hydrogen (secondary N) is 1. The van der Waals surface area contributed by atoms with Gasteiger partial charge in [0.2, 0.25) is 5.91 Å². The summed E-state index contributed by atoms with van der Waals surface area (Å²) in [4.78, 5) is 10.9. The Balaban J connectivity index is 2.06. The van der Waals surface area contributed by atoms with Crippen molar-refractivity contribution in [2.45, 2.75) is 6.54 Å². The minimum atomic E-state index is -0.472. The van der Waals surface area contributed by atoms with Crippen LogP contribution in [-0.4, -0.2) is 5.91 Å². The molecule has 2 rings (SSSR count). The Labute approximate surface area is 115 Å². The number of halogens is 2. The summed E-state index contributed by atoms with van der Waals surface area (Å²) < 4.78 is 13.5. The second-order valence-electron chi connectivity index (χ2n) is 4.04. The van der Waals surface area contributed by atoms with Gasteiger partial charge in [0, 0.05) is 17.1 Å². The van der Waals surface area contributed by atoms with Crippen LogP contribution in [0.4, 0.5) is 10.1 Å². The van der Waals surface area contributed by atoms with Gasteiger partial charge in [-0.1, -0.05) is 23.7 Å². The minimum absolute atomic E-state index is 0.339. The van der Waals surface area contributed by atoms with Gasteiger partial charge in [-0.15, -0.1) is 0 Å². The van der Waals surface area contributed by atoms with Crippen LogP contribution in [0.3, 0.4) is 0 Å². The van der Waals surface area contributed by atoms with Crippen LogP contribution in [0.5, 0.6) is 0 Å². The molecule has 2 aromatic rings. The molecule has 0 aromatic heterocycles. The summed E-state index contributed by atoms with van der Waals surface area (Å²) >= 11 is 5.80. The zero-order valence-corrected chi connectivity index (χ0v) is 10.7. The van der Waals surface area contributed by atoms with Gasteiger partial charge in [0.1, 0.15) is 5.82 Å². The topological polar surface area (TPSA) is 55.1 Å². The largest absolute Gasteiger partial charge is 0.379 e. The van der Waals surface area contributed by atoms with Gasteiger partial charge >= 0.3 is 0 Å². The molecule has 3 nitrogen and oxygen atoms in total. The average molecular weight is 279 g/mol. The molecular weight excluding hydrogens is 267 g/mol. The Morgan fingerprint density at radius 1 is 1.21 bits per heavy atom. The Morgan fingerprint density at radius 2 is 1.89 bits per heavy atom. The number of hydrogen-bond acceptors (Lipinski definition) is 2. The molecule has 0 bridgehead atoms. The van der Waals surface area contributed by atoms with Crippen molar-refractivity contribution in [1.29, 1.82) is 0 Å². The second-order valence-corrected chi connectivity index (χ2v) is 4.48. The van der Waals surface area contributed by atoms with E-state index in [2.05, 4.69) is 5.32 Å². The molecule has 0 spiro atoms. The summed E-state index contributed by atoms with van der Waals surface area (Å²) in [5.74, 6) is -0.835. The molecule has 0 unspecified atom stereocenters. The van der Waals surface area contributed by atoms with Crippen molar-refractivity contribution in [3.63, 3.8) is 0 Å². The van der Waals surface area contributed by atoms with Crippen molar-refractivity contribution in [3.8, 4) is 0 Å². The monoisotopic (exact) mass is 278 g/mol. The Hall–Kier alpha value is -2.07. The van der Waals surface area contributed by atoms with Crippen molar-refractivity contribution in [2.75, 3.05) is 5.32 Å². The van der Waals surface area contributed by atoms with E-state index in [1.165, 1.54) is 18.2 Å². The average Bonchev–Trinajstić information content (AvgIpc) is 2.40. The minimum Gasteiger partial charge on any atom is -0.379 e. The molecule has 3 N–H and O–H groups in total. The molecule has 1 amide bonds. The predicted octanol–water partition coefficient (Wildman–Crippen LogP) is 3.19. The molecule has 0 atom stereocenters. The molecule has 98 valence electrons. The number of primary amides is 1. The molecule has 0 fully saturated rings. The molecule has 5 heteroatoms. The fourth-order valence-corrected chi connectivity index (χ4v) is 1.79. The summed E-state index contributed by atoms with van der Waals surface area (Å²) in [7, 11) is 0. The first-order chi connectivity index (χ1) is 9.06. The van der Waals surface area contributed by atoms with E-state index in [4.69, 9.17) is 17.3 Å². The van der Waals surface area contributed by atoms with Crippen LogP contribution in [0.25, 0.3) is 0 Å². The maximum atomic E-state index is 13.5. The van der Waals surface area contributed by atoms with Gasteiger partial charge in [-0.3, -0.25) is 4.79 Å². The number of carbonyl (C=O) groups is 1. The van der Waals surface area contributed by atoms with E-state index in [1.54, 1.807) is 24.3 Å². The molecule has 0 saturated carbocycles. The number of benzene rings is 2. The van der Waals surface area contributed by atoms with Gasteiger partial charge < -0.3 is 11.1 Å². The molecular formula is C14H12ClFN2O. The number of anilines is 1. The Bertz CT molecular complexity index is 599. The lowest BCUT2D eigenvalue weighted by Crippen LogP contribution is -2.10. The van der Waals surface area contributed by atoms with Crippen LogP contribution in [0.2, 0.25) is 5.02 Å². The zero-order valence-electron chi connectivity index (χ0n) is 9.99. The van der Waals surface area contributed by atoms with Crippen molar-refractivity contribution in [2.24, 2.45) is 5.73 Å². The summed E-state index contributed by atoms with van der Waals surface area (Å²) in [6, 6.07) is 11.1. The van der Waals surface area contributed by atoms with E-state index >= 15 is 0 Å². The third-order valence-corrected chi connectivity index (χ3v) is 2.88. The van der Waals surface area contributed by atoms with Crippen LogP contribution in [0.15, 0.2) is 42.5 Å². The quantitative estimate of drug-likeness (QED) is 0.902. The fraction of sp³-hybridized carbons (Fsp3) is 0.0714. The van der Waals surface area contributed by atoms with E-state index in [0.717, 1.165) is 5.56 Å². The van der Waals surface area contributed by atoms with Crippen LogP contribution in [-0.2, 0) is 6.54 Å². The maximum Gasteiger partial charge on any atom is 0.248 e. The highest BCUT2D eigenvalue weighted by Crippen LogP contribution is 2.20. The van der Waals surface area contributed by atoms with E-state index < -0.39 is 5.91 Å². The van der Waals surface area contributed by atoms with E-state index in [9.17, 15) is 9.18 Å². The Morgan fingerprint density at radius 3 is 2.53 bits per heavy atom. The summed E-state index contributed by atoms with van der Waals surface area (Å²) in [5.41, 5.74) is 6.84. The second kappa shape index (κ2) is 5.71. The number of rotatable bonds is 4. The lowest BCUT2D eigenvalue weighted by Gasteiger charge is -2.08. The molecule has 0 aliphatic heterocycles. The number of hydrogen-bond donors (Lipinski definition) is 2. The Kier molecular flexibility index (Phi) is 4.02. The fourth-order valence-electron chi connectivity index (χ4n) is 1.62. The third-order valence-electron chi connectivity index (χ3n) is 2.65. The van der Waals surface area contributed by atoms with E-state index in [0.29, 0.717) is 22.8 Å². The van der Waals surface area contributed by atoms with Gasteiger partial charge in [-0.25, -0.2) is 4.39 Å². The highest BCUT2D eigenvalue weighted by Gasteiger charge is 2.03. The first-order valence-corrected chi connectivity index (χ1v) is 6.02. The van der Waals surface area contributed by atoms with Gasteiger partial charge in [0.05, 0.1) is 5.69 Å². The molecule has 0 heterocycles. The molecule has 0 saturated heterocycles. The van der Waals surface area contributed by atoms with E-state index in [1.807, 2.05) is 0 Å². The molecule has 19 heavy (non-hydrogen) atoms. The zero-order chi connectivity index (χ0) is 13.8. The molecule has 0 aliphatic carbocycles. The first-order valence-electron chi connectivity index (χ1n) is 5.64. The normalized spacial score (nSPS) is 10.2. The van der Waals surface area contributed by atoms with E-state index in [-0.39, 0.29) is 5.82 Å². The van der Waals surface area contributed by atoms with Crippen molar-refractivity contribution < 1.29 is 9.18 Å². The maximum absolute atomic E-state index is 13.5.